The van der Waals surface area contributed by atoms with Crippen molar-refractivity contribution in [1.82, 2.24) is 31.9 Å². The number of fused-ring (bicyclic) bond motifs is 20. The van der Waals surface area contributed by atoms with Crippen molar-refractivity contribution in [3.63, 3.8) is 0 Å². The van der Waals surface area contributed by atoms with Crippen LogP contribution in [0.5, 0.6) is 0 Å². The van der Waals surface area contributed by atoms with Crippen LogP contribution >= 0.6 is 0 Å². The molecule has 329 valence electrons. The van der Waals surface area contributed by atoms with Gasteiger partial charge in [0.1, 0.15) is 0 Å². The van der Waals surface area contributed by atoms with Gasteiger partial charge in [0.05, 0.1) is 65.1 Å². The normalized spacial score (nSPS) is 46.9. The van der Waals surface area contributed by atoms with Gasteiger partial charge in [-0.2, -0.15) is 0 Å². The van der Waals surface area contributed by atoms with Crippen LogP contribution < -0.4 is 150 Å². The van der Waals surface area contributed by atoms with E-state index in [2.05, 4.69) is 31.9 Å². The minimum absolute atomic E-state index is 0. The molecule has 20 unspecified atom stereocenters. The Morgan fingerprint density at radius 3 is 0.836 bits per heavy atom. The molecule has 0 aromatic heterocycles. The second-order valence-corrected chi connectivity index (χ2v) is 24.6. The molecular formula is C32H50CuN8Na4O12S4. The van der Waals surface area contributed by atoms with Crippen molar-refractivity contribution in [3.05, 3.63) is 10.6 Å². The molecule has 61 heavy (non-hydrogen) atoms. The first kappa shape index (κ1) is 57.4. The van der Waals surface area contributed by atoms with Gasteiger partial charge in [0.25, 0.3) is 0 Å². The Labute approximate surface area is 458 Å². The van der Waals surface area contributed by atoms with E-state index in [1.165, 1.54) is 0 Å². The Morgan fingerprint density at radius 2 is 0.557 bits per heavy atom. The SMILES string of the molecule is O=S(=O)([O-])C1CCC2C3[N-]C(NC4NC(NC5[N-]C(NC6NC(N3)C3CC(S(=O)(=O)[O-])CCC63)C3CC(S(=O)(=O)[O-])CCC53)C3CC(S(=O)(=O)[O-])CCC43)C2C1.[Cu+2].[Na+].[Na+].[Na+].[Na+]. The van der Waals surface area contributed by atoms with Crippen LogP contribution in [0.15, 0.2) is 0 Å². The molecule has 20 atom stereocenters. The number of hydrogen-bond donors (Lipinski definition) is 6. The van der Waals surface area contributed by atoms with Crippen molar-refractivity contribution < 1.29 is 187 Å². The average Bonchev–Trinajstić information content (AvgIpc) is 3.84. The number of rotatable bonds is 4. The summed E-state index contributed by atoms with van der Waals surface area (Å²) in [4.78, 5) is 0. The van der Waals surface area contributed by atoms with Crippen molar-refractivity contribution in [1.29, 1.82) is 0 Å². The van der Waals surface area contributed by atoms with Crippen molar-refractivity contribution in [2.24, 2.45) is 47.3 Å². The van der Waals surface area contributed by atoms with Crippen molar-refractivity contribution in [2.75, 3.05) is 0 Å². The van der Waals surface area contributed by atoms with Crippen molar-refractivity contribution >= 4 is 40.5 Å². The van der Waals surface area contributed by atoms with Crippen molar-refractivity contribution in [2.45, 2.75) is 147 Å². The molecule has 5 aliphatic heterocycles. The van der Waals surface area contributed by atoms with E-state index in [0.29, 0.717) is 25.7 Å². The van der Waals surface area contributed by atoms with E-state index in [-0.39, 0.29) is 234 Å². The summed E-state index contributed by atoms with van der Waals surface area (Å²) in [6.45, 7) is 0. The summed E-state index contributed by atoms with van der Waals surface area (Å²) < 4.78 is 148. The zero-order valence-electron chi connectivity index (χ0n) is 34.8. The van der Waals surface area contributed by atoms with Gasteiger partial charge >= 0.3 is 135 Å². The van der Waals surface area contributed by atoms with Crippen LogP contribution in [0.25, 0.3) is 10.6 Å². The fourth-order valence-corrected chi connectivity index (χ4v) is 16.2. The Kier molecular flexibility index (Phi) is 20.4. The first-order valence-corrected chi connectivity index (χ1v) is 25.9. The molecule has 0 amide bonds. The predicted molar refractivity (Wildman–Crippen MR) is 193 cm³/mol. The van der Waals surface area contributed by atoms with Gasteiger partial charge < -0.3 is 50.1 Å². The quantitative estimate of drug-likeness (QED) is 0.113. The number of nitrogens with zero attached hydrogens (tertiary/aromatic N) is 2. The minimum Gasteiger partial charge on any atom is -0.748 e. The van der Waals surface area contributed by atoms with E-state index < -0.39 is 111 Å². The summed E-state index contributed by atoms with van der Waals surface area (Å²) in [5.41, 5.74) is 0. The standard InChI is InChI=1S/C32H54N8O12S4.Cu.4Na/c41-53(42,43)13-1-5-17-21(9-13)29-33-25(17)37-30-22-10-14(54(44,45)46)2-6-18(22)27(34-30)39-32-24-12-16(56(50,51)52)4-8-20(24)28(36-32)40-31-23-11-15(55(47,48)49)3-7-19(23)26(35-31)38-29;;;;;/h13-33,36-40H,1-12H2,(H,41,42,43)(H,44,45,46)(H,47,48,49)(H,50,51,52);;;;;/q-2;+2;4*+1/p-4. The average molecular weight is 1020 g/mol. The molecule has 6 N–H and O–H groups in total. The van der Waals surface area contributed by atoms with E-state index in [1.807, 2.05) is 0 Å². The largest absolute Gasteiger partial charge is 2.00 e. The third-order valence-electron chi connectivity index (χ3n) is 15.4. The Balaban J connectivity index is 0.00000164. The first-order chi connectivity index (χ1) is 26.2. The van der Waals surface area contributed by atoms with Crippen LogP contribution in [0.3, 0.4) is 0 Å². The molecule has 0 aromatic rings. The van der Waals surface area contributed by atoms with Gasteiger partial charge in [-0.3, -0.25) is 10.6 Å². The van der Waals surface area contributed by atoms with E-state index in [4.69, 9.17) is 10.6 Å². The van der Waals surface area contributed by atoms with Crippen LogP contribution in [-0.2, 0) is 57.5 Å². The van der Waals surface area contributed by atoms with Gasteiger partial charge in [0.2, 0.25) is 0 Å². The van der Waals surface area contributed by atoms with E-state index in [0.717, 1.165) is 0 Å². The fourth-order valence-electron chi connectivity index (χ4n) is 12.7. The zero-order chi connectivity index (χ0) is 39.7. The topological polar surface area (TPSA) is 329 Å². The molecule has 1 radical (unpaired) electrons. The fraction of sp³-hybridized carbons (Fsp3) is 1.00. The summed E-state index contributed by atoms with van der Waals surface area (Å²) in [7, 11) is -18.4. The zero-order valence-corrected chi connectivity index (χ0v) is 47.0. The molecule has 5 heterocycles. The predicted octanol–water partition coefficient (Wildman–Crippen LogP) is -13.7. The molecule has 20 nitrogen and oxygen atoms in total. The molecule has 9 fully saturated rings. The van der Waals surface area contributed by atoms with Crippen LogP contribution in [0.1, 0.15) is 77.0 Å². The van der Waals surface area contributed by atoms with E-state index in [9.17, 15) is 51.9 Å². The van der Waals surface area contributed by atoms with E-state index >= 15 is 0 Å². The van der Waals surface area contributed by atoms with Crippen molar-refractivity contribution in [3.8, 4) is 0 Å². The maximum Gasteiger partial charge on any atom is 2.00 e. The van der Waals surface area contributed by atoms with Gasteiger partial charge in [0, 0.05) is 21.0 Å². The number of nitrogens with one attached hydrogen (secondary N) is 6. The first-order valence-electron chi connectivity index (χ1n) is 20.0. The van der Waals surface area contributed by atoms with Crippen LogP contribution in [-0.4, -0.2) is 122 Å². The van der Waals surface area contributed by atoms with Gasteiger partial charge in [-0.05, 0) is 124 Å². The smallest absolute Gasteiger partial charge is 0.748 e. The van der Waals surface area contributed by atoms with Crippen LogP contribution in [0, 0.1) is 47.3 Å². The summed E-state index contributed by atoms with van der Waals surface area (Å²) in [5, 5.41) is 27.7. The summed E-state index contributed by atoms with van der Waals surface area (Å²) in [5.74, 6) is -2.09. The van der Waals surface area contributed by atoms with E-state index in [1.54, 1.807) is 0 Å². The van der Waals surface area contributed by atoms with Gasteiger partial charge in [0.15, 0.2) is 0 Å². The Morgan fingerprint density at radius 1 is 0.328 bits per heavy atom. The molecule has 0 aromatic carbocycles. The van der Waals surface area contributed by atoms with Gasteiger partial charge in [-0.1, -0.05) is 24.7 Å². The summed E-state index contributed by atoms with van der Waals surface area (Å²) in [6.07, 6.45) is -1.65. The molecule has 5 saturated heterocycles. The molecule has 9 aliphatic rings. The second kappa shape index (κ2) is 21.7. The molecule has 8 bridgehead atoms. The maximum absolute atomic E-state index is 12.3. The van der Waals surface area contributed by atoms with Crippen LogP contribution in [0.2, 0.25) is 0 Å². The Bertz CT molecular complexity index is 1730. The minimum atomic E-state index is -4.60. The number of hydrogen-bond acceptors (Lipinski definition) is 18. The molecule has 9 rings (SSSR count). The summed E-state index contributed by atoms with van der Waals surface area (Å²) in [6, 6.07) is 0. The molecular weight excluding hydrogens is 972 g/mol. The summed E-state index contributed by atoms with van der Waals surface area (Å²) >= 11 is 0. The van der Waals surface area contributed by atoms with Crippen LogP contribution in [0.4, 0.5) is 0 Å². The van der Waals surface area contributed by atoms with Gasteiger partial charge in [-0.15, -0.1) is 0 Å². The Hall–Kier alpha value is 3.84. The molecule has 4 aliphatic carbocycles. The molecule has 4 saturated carbocycles. The molecule has 29 heteroatoms. The maximum atomic E-state index is 12.3. The second-order valence-electron chi connectivity index (χ2n) is 18.0. The third kappa shape index (κ3) is 11.8. The molecule has 0 spiro atoms. The third-order valence-corrected chi connectivity index (χ3v) is 20.3. The monoisotopic (exact) mass is 1020 g/mol. The van der Waals surface area contributed by atoms with Gasteiger partial charge in [-0.25, -0.2) is 33.7 Å².